The van der Waals surface area contributed by atoms with Gasteiger partial charge in [0.2, 0.25) is 5.91 Å². The first kappa shape index (κ1) is 18.6. The van der Waals surface area contributed by atoms with Crippen molar-refractivity contribution in [1.82, 2.24) is 10.3 Å². The van der Waals surface area contributed by atoms with Gasteiger partial charge in [0.1, 0.15) is 0 Å². The Morgan fingerprint density at radius 2 is 1.66 bits per heavy atom. The van der Waals surface area contributed by atoms with Crippen molar-refractivity contribution in [1.29, 1.82) is 0 Å². The fourth-order valence-electron chi connectivity index (χ4n) is 3.55. The zero-order valence-electron chi connectivity index (χ0n) is 16.3. The number of anilines is 1. The van der Waals surface area contributed by atoms with Crippen molar-refractivity contribution in [3.8, 4) is 11.3 Å². The standard InChI is InChI=1S/C24H21N3O2/c1-16(28)27-15-22-17(11-12-18-7-3-6-10-23(18)27)13-14-21(26-22)19-8-4-5-9-20(19)24(29)25-2/h3-14H,15H2,1-2H3,(H,25,29). The van der Waals surface area contributed by atoms with Gasteiger partial charge in [0.25, 0.3) is 5.91 Å². The highest BCUT2D eigenvalue weighted by Crippen LogP contribution is 2.30. The summed E-state index contributed by atoms with van der Waals surface area (Å²) < 4.78 is 0. The number of nitrogens with one attached hydrogen (secondary N) is 1. The second-order valence-electron chi connectivity index (χ2n) is 6.85. The average Bonchev–Trinajstić information content (AvgIpc) is 2.74. The normalized spacial score (nSPS) is 12.4. The lowest BCUT2D eigenvalue weighted by atomic mass is 10.0. The molecule has 0 spiro atoms. The number of nitrogens with zero attached hydrogens (tertiary/aromatic N) is 2. The summed E-state index contributed by atoms with van der Waals surface area (Å²) in [5.74, 6) is -0.204. The van der Waals surface area contributed by atoms with E-state index in [4.69, 9.17) is 4.98 Å². The highest BCUT2D eigenvalue weighted by molar-refractivity contribution is 6.00. The highest BCUT2D eigenvalue weighted by Gasteiger charge is 2.20. The molecule has 0 saturated carbocycles. The maximum Gasteiger partial charge on any atom is 0.251 e. The number of benzene rings is 2. The van der Waals surface area contributed by atoms with Gasteiger partial charge in [-0.25, -0.2) is 0 Å². The molecule has 1 aliphatic rings. The van der Waals surface area contributed by atoms with Crippen LogP contribution >= 0.6 is 0 Å². The molecule has 0 bridgehead atoms. The van der Waals surface area contributed by atoms with Crippen LogP contribution in [0.5, 0.6) is 0 Å². The number of para-hydroxylation sites is 1. The number of carbonyl (C=O) groups excluding carboxylic acids is 2. The molecule has 1 aliphatic heterocycles. The van der Waals surface area contributed by atoms with Gasteiger partial charge in [-0.1, -0.05) is 54.6 Å². The molecule has 29 heavy (non-hydrogen) atoms. The Morgan fingerprint density at radius 3 is 2.45 bits per heavy atom. The molecule has 1 aromatic heterocycles. The Kier molecular flexibility index (Phi) is 4.96. The largest absolute Gasteiger partial charge is 0.355 e. The average molecular weight is 383 g/mol. The van der Waals surface area contributed by atoms with Crippen LogP contribution in [0.2, 0.25) is 0 Å². The van der Waals surface area contributed by atoms with Crippen LogP contribution in [0, 0.1) is 0 Å². The van der Waals surface area contributed by atoms with Gasteiger partial charge in [-0.15, -0.1) is 0 Å². The van der Waals surface area contributed by atoms with Crippen molar-refractivity contribution in [2.24, 2.45) is 0 Å². The topological polar surface area (TPSA) is 62.3 Å². The predicted octanol–water partition coefficient (Wildman–Crippen LogP) is 4.15. The second kappa shape index (κ2) is 7.72. The molecule has 5 nitrogen and oxygen atoms in total. The van der Waals surface area contributed by atoms with Gasteiger partial charge in [0.15, 0.2) is 0 Å². The minimum Gasteiger partial charge on any atom is -0.355 e. The molecular formula is C24H21N3O2. The lowest BCUT2D eigenvalue weighted by molar-refractivity contribution is -0.116. The summed E-state index contributed by atoms with van der Waals surface area (Å²) in [5.41, 5.74) is 5.62. The zero-order chi connectivity index (χ0) is 20.4. The van der Waals surface area contributed by atoms with E-state index in [0.717, 1.165) is 28.1 Å². The monoisotopic (exact) mass is 383 g/mol. The SMILES string of the molecule is CNC(=O)c1ccccc1-c1ccc2c(n1)CN(C(C)=O)c1ccccc1C=C2. The maximum atomic E-state index is 12.4. The van der Waals surface area contributed by atoms with Crippen LogP contribution in [-0.4, -0.2) is 23.8 Å². The van der Waals surface area contributed by atoms with E-state index in [0.29, 0.717) is 17.8 Å². The smallest absolute Gasteiger partial charge is 0.251 e. The van der Waals surface area contributed by atoms with Crippen LogP contribution in [0.15, 0.2) is 60.7 Å². The summed E-state index contributed by atoms with van der Waals surface area (Å²) >= 11 is 0. The first-order valence-electron chi connectivity index (χ1n) is 9.45. The van der Waals surface area contributed by atoms with Gasteiger partial charge in [0.05, 0.1) is 23.6 Å². The number of fused-ring (bicyclic) bond motifs is 2. The molecule has 4 rings (SSSR count). The number of rotatable bonds is 2. The Bertz CT molecular complexity index is 1130. The molecule has 0 unspecified atom stereocenters. The molecule has 2 heterocycles. The minimum atomic E-state index is -0.159. The van der Waals surface area contributed by atoms with E-state index in [-0.39, 0.29) is 11.8 Å². The fraction of sp³-hybridized carbons (Fsp3) is 0.125. The number of pyridine rings is 1. The van der Waals surface area contributed by atoms with Crippen molar-refractivity contribution < 1.29 is 9.59 Å². The molecule has 144 valence electrons. The van der Waals surface area contributed by atoms with Crippen molar-refractivity contribution >= 4 is 29.7 Å². The van der Waals surface area contributed by atoms with E-state index < -0.39 is 0 Å². The molecule has 5 heteroatoms. The molecule has 1 N–H and O–H groups in total. The second-order valence-corrected chi connectivity index (χ2v) is 6.85. The van der Waals surface area contributed by atoms with Gasteiger partial charge in [-0.3, -0.25) is 14.6 Å². The van der Waals surface area contributed by atoms with Crippen molar-refractivity contribution in [3.63, 3.8) is 0 Å². The first-order valence-corrected chi connectivity index (χ1v) is 9.45. The Balaban J connectivity index is 1.84. The first-order chi connectivity index (χ1) is 14.1. The molecule has 0 saturated heterocycles. The molecule has 0 aliphatic carbocycles. The summed E-state index contributed by atoms with van der Waals surface area (Å²) in [6.07, 6.45) is 4.02. The van der Waals surface area contributed by atoms with E-state index in [2.05, 4.69) is 5.32 Å². The van der Waals surface area contributed by atoms with Crippen LogP contribution in [0.1, 0.15) is 34.1 Å². The third-order valence-electron chi connectivity index (χ3n) is 5.04. The number of amides is 2. The fourth-order valence-corrected chi connectivity index (χ4v) is 3.55. The molecule has 0 atom stereocenters. The number of hydrogen-bond donors (Lipinski definition) is 1. The summed E-state index contributed by atoms with van der Waals surface area (Å²) in [4.78, 5) is 31.2. The number of carbonyl (C=O) groups is 2. The predicted molar refractivity (Wildman–Crippen MR) is 115 cm³/mol. The van der Waals surface area contributed by atoms with Crippen LogP contribution in [0.4, 0.5) is 5.69 Å². The molecule has 2 amide bonds. The Labute approximate surface area is 169 Å². The zero-order valence-corrected chi connectivity index (χ0v) is 16.3. The quantitative estimate of drug-likeness (QED) is 0.723. The van der Waals surface area contributed by atoms with E-state index >= 15 is 0 Å². The molecule has 0 radical (unpaired) electrons. The Morgan fingerprint density at radius 1 is 0.931 bits per heavy atom. The summed E-state index contributed by atoms with van der Waals surface area (Å²) in [5, 5.41) is 2.67. The van der Waals surface area contributed by atoms with Gasteiger partial charge < -0.3 is 10.2 Å². The van der Waals surface area contributed by atoms with Crippen LogP contribution in [-0.2, 0) is 11.3 Å². The van der Waals surface area contributed by atoms with E-state index in [9.17, 15) is 9.59 Å². The number of aromatic nitrogens is 1. The summed E-state index contributed by atoms with van der Waals surface area (Å²) in [6, 6.07) is 19.1. The van der Waals surface area contributed by atoms with Crippen LogP contribution in [0.3, 0.4) is 0 Å². The van der Waals surface area contributed by atoms with Gasteiger partial charge in [-0.2, -0.15) is 0 Å². The lowest BCUT2D eigenvalue weighted by Gasteiger charge is -2.25. The van der Waals surface area contributed by atoms with E-state index in [1.807, 2.05) is 66.7 Å². The minimum absolute atomic E-state index is 0.0448. The lowest BCUT2D eigenvalue weighted by Crippen LogP contribution is -2.29. The van der Waals surface area contributed by atoms with Gasteiger partial charge in [-0.05, 0) is 29.3 Å². The van der Waals surface area contributed by atoms with Crippen LogP contribution < -0.4 is 10.2 Å². The Hall–Kier alpha value is -3.73. The van der Waals surface area contributed by atoms with Crippen molar-refractivity contribution in [3.05, 3.63) is 83.0 Å². The number of hydrogen-bond acceptors (Lipinski definition) is 3. The maximum absolute atomic E-state index is 12.4. The van der Waals surface area contributed by atoms with Gasteiger partial charge in [0, 0.05) is 25.1 Å². The van der Waals surface area contributed by atoms with Gasteiger partial charge >= 0.3 is 0 Å². The van der Waals surface area contributed by atoms with E-state index in [1.54, 1.807) is 24.9 Å². The molecule has 3 aromatic rings. The highest BCUT2D eigenvalue weighted by atomic mass is 16.2. The van der Waals surface area contributed by atoms with Crippen molar-refractivity contribution in [2.45, 2.75) is 13.5 Å². The summed E-state index contributed by atoms with van der Waals surface area (Å²) in [6.45, 7) is 1.93. The van der Waals surface area contributed by atoms with E-state index in [1.165, 1.54) is 0 Å². The molecule has 0 fully saturated rings. The third-order valence-corrected chi connectivity index (χ3v) is 5.04. The summed E-state index contributed by atoms with van der Waals surface area (Å²) in [7, 11) is 1.61. The van der Waals surface area contributed by atoms with Crippen molar-refractivity contribution in [2.75, 3.05) is 11.9 Å². The molecular weight excluding hydrogens is 362 g/mol. The van der Waals surface area contributed by atoms with Crippen LogP contribution in [0.25, 0.3) is 23.4 Å². The molecule has 2 aromatic carbocycles. The third kappa shape index (κ3) is 3.55.